The highest BCUT2D eigenvalue weighted by Crippen LogP contribution is 2.39. The fourth-order valence-electron chi connectivity index (χ4n) is 4.49. The van der Waals surface area contributed by atoms with E-state index in [2.05, 4.69) is 6.92 Å². The largest absolute Gasteiger partial charge is 0.491 e. The zero-order valence-electron chi connectivity index (χ0n) is 15.4. The predicted molar refractivity (Wildman–Crippen MR) is 95.0 cm³/mol. The molecule has 4 heteroatoms. The van der Waals surface area contributed by atoms with Crippen LogP contribution < -0.4 is 4.74 Å². The molecule has 1 aromatic rings. The molecule has 2 aliphatic rings. The number of hydrogen-bond acceptors (Lipinski definition) is 2. The van der Waals surface area contributed by atoms with Crippen molar-refractivity contribution in [2.45, 2.75) is 70.8 Å². The molecule has 0 bridgehead atoms. The molecule has 0 amide bonds. The third kappa shape index (κ3) is 4.16. The highest BCUT2D eigenvalue weighted by molar-refractivity contribution is 5.33. The summed E-state index contributed by atoms with van der Waals surface area (Å²) in [4.78, 5) is 0. The molecule has 0 spiro atoms. The minimum absolute atomic E-state index is 0.00830. The maximum Gasteiger partial charge on any atom is 0.200 e. The Morgan fingerprint density at radius 3 is 2.36 bits per heavy atom. The maximum atomic E-state index is 14.4. The summed E-state index contributed by atoms with van der Waals surface area (Å²) < 4.78 is 39.7. The van der Waals surface area contributed by atoms with Crippen molar-refractivity contribution in [1.29, 1.82) is 0 Å². The lowest BCUT2D eigenvalue weighted by molar-refractivity contribution is -0.0439. The fourth-order valence-corrected chi connectivity index (χ4v) is 4.49. The third-order valence-electron chi connectivity index (χ3n) is 6.12. The number of benzene rings is 1. The lowest BCUT2D eigenvalue weighted by atomic mass is 9.76. The van der Waals surface area contributed by atoms with Gasteiger partial charge in [0.1, 0.15) is 0 Å². The molecule has 2 nitrogen and oxygen atoms in total. The van der Waals surface area contributed by atoms with Crippen molar-refractivity contribution in [3.05, 3.63) is 29.3 Å². The van der Waals surface area contributed by atoms with Crippen molar-refractivity contribution in [1.82, 2.24) is 0 Å². The first kappa shape index (κ1) is 18.6. The third-order valence-corrected chi connectivity index (χ3v) is 6.12. The van der Waals surface area contributed by atoms with Gasteiger partial charge in [-0.2, -0.15) is 4.39 Å². The van der Waals surface area contributed by atoms with E-state index in [4.69, 9.17) is 9.47 Å². The van der Waals surface area contributed by atoms with Crippen LogP contribution in [-0.2, 0) is 4.74 Å². The number of ether oxygens (including phenoxy) is 2. The summed E-state index contributed by atoms with van der Waals surface area (Å²) in [5, 5.41) is 0. The zero-order valence-corrected chi connectivity index (χ0v) is 15.4. The van der Waals surface area contributed by atoms with Crippen LogP contribution in [0.25, 0.3) is 0 Å². The van der Waals surface area contributed by atoms with Gasteiger partial charge in [-0.1, -0.05) is 32.3 Å². The smallest absolute Gasteiger partial charge is 0.200 e. The number of hydrogen-bond donors (Lipinski definition) is 0. The summed E-state index contributed by atoms with van der Waals surface area (Å²) in [5.41, 5.74) is 0.425. The van der Waals surface area contributed by atoms with E-state index in [0.29, 0.717) is 30.8 Å². The average Bonchev–Trinajstić information content (AvgIpc) is 2.66. The van der Waals surface area contributed by atoms with E-state index in [-0.39, 0.29) is 11.7 Å². The van der Waals surface area contributed by atoms with E-state index in [1.807, 2.05) is 0 Å². The molecule has 1 saturated carbocycles. The second-order valence-electron chi connectivity index (χ2n) is 7.55. The van der Waals surface area contributed by atoms with Crippen LogP contribution in [0, 0.1) is 23.5 Å². The molecule has 140 valence electrons. The van der Waals surface area contributed by atoms with E-state index in [1.165, 1.54) is 38.2 Å². The molecule has 1 saturated heterocycles. The van der Waals surface area contributed by atoms with E-state index in [9.17, 15) is 8.78 Å². The summed E-state index contributed by atoms with van der Waals surface area (Å²) >= 11 is 0. The molecule has 2 atom stereocenters. The normalized spacial score (nSPS) is 30.2. The van der Waals surface area contributed by atoms with Crippen molar-refractivity contribution in [3.8, 4) is 5.75 Å². The van der Waals surface area contributed by atoms with Gasteiger partial charge in [0.15, 0.2) is 11.6 Å². The van der Waals surface area contributed by atoms with Crippen LogP contribution in [0.1, 0.15) is 70.3 Å². The van der Waals surface area contributed by atoms with Gasteiger partial charge in [0.05, 0.1) is 19.3 Å². The van der Waals surface area contributed by atoms with E-state index < -0.39 is 11.6 Å². The molecule has 0 aromatic heterocycles. The molecule has 2 fully saturated rings. The van der Waals surface area contributed by atoms with Crippen LogP contribution in [-0.4, -0.2) is 19.3 Å². The lowest BCUT2D eigenvalue weighted by Crippen LogP contribution is -2.33. The molecule has 0 radical (unpaired) electrons. The SMILES string of the molecule is CCOc1ccc([C@@H]2CCC(C3CCC(CC)CC3)OC2)c(F)c1F. The quantitative estimate of drug-likeness (QED) is 0.662. The Balaban J connectivity index is 1.58. The molecular weight excluding hydrogens is 322 g/mol. The first-order valence-corrected chi connectivity index (χ1v) is 9.86. The fraction of sp³-hybridized carbons (Fsp3) is 0.714. The van der Waals surface area contributed by atoms with Crippen LogP contribution in [0.15, 0.2) is 12.1 Å². The molecule has 1 unspecified atom stereocenters. The Morgan fingerprint density at radius 2 is 1.76 bits per heavy atom. The van der Waals surface area contributed by atoms with Crippen molar-refractivity contribution in [3.63, 3.8) is 0 Å². The Hall–Kier alpha value is -1.16. The summed E-state index contributed by atoms with van der Waals surface area (Å²) in [6.07, 6.45) is 8.50. The molecule has 25 heavy (non-hydrogen) atoms. The molecule has 1 heterocycles. The Labute approximate surface area is 149 Å². The van der Waals surface area contributed by atoms with E-state index in [0.717, 1.165) is 18.8 Å². The van der Waals surface area contributed by atoms with Gasteiger partial charge in [0.2, 0.25) is 5.82 Å². The molecule has 1 aromatic carbocycles. The number of halogens is 2. The Kier molecular flexibility index (Phi) is 6.32. The van der Waals surface area contributed by atoms with Crippen LogP contribution in [0.5, 0.6) is 5.75 Å². The minimum atomic E-state index is -0.876. The summed E-state index contributed by atoms with van der Waals surface area (Å²) in [6.45, 7) is 4.85. The zero-order chi connectivity index (χ0) is 17.8. The summed E-state index contributed by atoms with van der Waals surface area (Å²) in [7, 11) is 0. The van der Waals surface area contributed by atoms with Crippen LogP contribution in [0.3, 0.4) is 0 Å². The Morgan fingerprint density at radius 1 is 1.00 bits per heavy atom. The molecule has 0 N–H and O–H groups in total. The van der Waals surface area contributed by atoms with Gasteiger partial charge in [-0.05, 0) is 56.1 Å². The van der Waals surface area contributed by atoms with Gasteiger partial charge in [-0.15, -0.1) is 0 Å². The standard InChI is InChI=1S/C21H30F2O2/c1-3-14-5-7-15(8-6-14)18-11-9-16(13-25-18)17-10-12-19(24-4-2)21(23)20(17)22/h10,12,14-16,18H,3-9,11,13H2,1-2H3/t14?,15?,16-,18?/m1/s1. The molecule has 1 aliphatic heterocycles. The second kappa shape index (κ2) is 8.48. The van der Waals surface area contributed by atoms with Gasteiger partial charge in [0.25, 0.3) is 0 Å². The van der Waals surface area contributed by atoms with Gasteiger partial charge in [-0.25, -0.2) is 4.39 Å². The highest BCUT2D eigenvalue weighted by Gasteiger charge is 2.33. The van der Waals surface area contributed by atoms with Crippen molar-refractivity contribution in [2.24, 2.45) is 11.8 Å². The highest BCUT2D eigenvalue weighted by atomic mass is 19.2. The average molecular weight is 352 g/mol. The van der Waals surface area contributed by atoms with E-state index >= 15 is 0 Å². The summed E-state index contributed by atoms with van der Waals surface area (Å²) in [6, 6.07) is 3.19. The van der Waals surface area contributed by atoms with Gasteiger partial charge >= 0.3 is 0 Å². The van der Waals surface area contributed by atoms with Crippen molar-refractivity contribution < 1.29 is 18.3 Å². The van der Waals surface area contributed by atoms with Gasteiger partial charge < -0.3 is 9.47 Å². The van der Waals surface area contributed by atoms with Gasteiger partial charge in [0, 0.05) is 5.92 Å². The van der Waals surface area contributed by atoms with Crippen LogP contribution >= 0.6 is 0 Å². The molecule has 1 aliphatic carbocycles. The monoisotopic (exact) mass is 352 g/mol. The topological polar surface area (TPSA) is 18.5 Å². The molecular formula is C21H30F2O2. The van der Waals surface area contributed by atoms with Crippen LogP contribution in [0.4, 0.5) is 8.78 Å². The lowest BCUT2D eigenvalue weighted by Gasteiger charge is -2.38. The molecule has 3 rings (SSSR count). The van der Waals surface area contributed by atoms with E-state index in [1.54, 1.807) is 13.0 Å². The van der Waals surface area contributed by atoms with Crippen LogP contribution in [0.2, 0.25) is 0 Å². The Bertz CT molecular complexity index is 559. The first-order chi connectivity index (χ1) is 12.1. The van der Waals surface area contributed by atoms with Crippen molar-refractivity contribution in [2.75, 3.05) is 13.2 Å². The number of rotatable bonds is 5. The second-order valence-corrected chi connectivity index (χ2v) is 7.55. The summed E-state index contributed by atoms with van der Waals surface area (Å²) in [5.74, 6) is -0.195. The maximum absolute atomic E-state index is 14.4. The minimum Gasteiger partial charge on any atom is -0.491 e. The predicted octanol–water partition coefficient (Wildman–Crippen LogP) is 5.84. The first-order valence-electron chi connectivity index (χ1n) is 9.86. The van der Waals surface area contributed by atoms with Gasteiger partial charge in [-0.3, -0.25) is 0 Å². The van der Waals surface area contributed by atoms with Crippen molar-refractivity contribution >= 4 is 0 Å².